The first-order valence-corrected chi connectivity index (χ1v) is 9.04. The monoisotopic (exact) mass is 389 g/mol. The van der Waals surface area contributed by atoms with Crippen molar-refractivity contribution in [3.05, 3.63) is 53.2 Å². The van der Waals surface area contributed by atoms with E-state index in [2.05, 4.69) is 26.5 Å². The van der Waals surface area contributed by atoms with Crippen LogP contribution in [0.25, 0.3) is 5.82 Å². The summed E-state index contributed by atoms with van der Waals surface area (Å²) in [6.07, 6.45) is 5.56. The summed E-state index contributed by atoms with van der Waals surface area (Å²) in [5, 5.41) is 15.7. The summed E-state index contributed by atoms with van der Waals surface area (Å²) in [5.41, 5.74) is 2.77. The highest BCUT2D eigenvalue weighted by molar-refractivity contribution is 5.95. The van der Waals surface area contributed by atoms with Gasteiger partial charge < -0.3 is 14.8 Å². The zero-order chi connectivity index (χ0) is 20.4. The second-order valence-corrected chi connectivity index (χ2v) is 6.56. The zero-order valence-electron chi connectivity index (χ0n) is 16.0. The lowest BCUT2D eigenvalue weighted by Gasteiger charge is -2.24. The van der Waals surface area contributed by atoms with Crippen molar-refractivity contribution in [3.8, 4) is 29.8 Å². The highest BCUT2D eigenvalue weighted by atomic mass is 16.5. The highest BCUT2D eigenvalue weighted by Gasteiger charge is 2.33. The maximum Gasteiger partial charge on any atom is 0.233 e. The van der Waals surface area contributed by atoms with Crippen LogP contribution < -0.4 is 14.8 Å². The van der Waals surface area contributed by atoms with Crippen LogP contribution in [-0.4, -0.2) is 39.6 Å². The van der Waals surface area contributed by atoms with Crippen LogP contribution in [0.5, 0.6) is 11.6 Å². The number of carbonyl (C=O) groups is 1. The van der Waals surface area contributed by atoms with E-state index in [0.29, 0.717) is 29.7 Å². The third-order valence-corrected chi connectivity index (χ3v) is 4.76. The third-order valence-electron chi connectivity index (χ3n) is 4.76. The first kappa shape index (κ1) is 18.5. The van der Waals surface area contributed by atoms with E-state index in [-0.39, 0.29) is 18.4 Å². The summed E-state index contributed by atoms with van der Waals surface area (Å²) in [6.45, 7) is 2.13. The molecule has 1 atom stereocenters. The van der Waals surface area contributed by atoms with Gasteiger partial charge in [-0.2, -0.15) is 9.78 Å². The number of anilines is 1. The normalized spacial score (nSPS) is 15.2. The minimum atomic E-state index is -0.125. The number of nitrogens with zero attached hydrogens (tertiary/aromatic N) is 4. The first-order valence-electron chi connectivity index (χ1n) is 9.04. The molecule has 0 fully saturated rings. The fourth-order valence-electron chi connectivity index (χ4n) is 3.45. The standard InChI is InChI=1S/C21H19N5O3/c1-4-11-29-15-7-5-14(6-8-15)16-12-18(27)22-21-20(16)13(2)25-26(21)17-9-10-19(28-3)24-23-17/h1,5-10,16H,11-12H2,2-3H3,(H,22,27)/t16-/m1/s1. The summed E-state index contributed by atoms with van der Waals surface area (Å²) in [5.74, 6) is 4.42. The molecule has 4 rings (SSSR count). The van der Waals surface area contributed by atoms with Crippen molar-refractivity contribution in [2.75, 3.05) is 19.0 Å². The molecule has 1 aliphatic heterocycles. The minimum absolute atomic E-state index is 0.0854. The molecule has 0 radical (unpaired) electrons. The van der Waals surface area contributed by atoms with Crippen molar-refractivity contribution in [2.45, 2.75) is 19.3 Å². The average Bonchev–Trinajstić information content (AvgIpc) is 3.08. The molecule has 3 heterocycles. The summed E-state index contributed by atoms with van der Waals surface area (Å²) in [7, 11) is 1.53. The molecular formula is C21H19N5O3. The predicted molar refractivity (Wildman–Crippen MR) is 106 cm³/mol. The average molecular weight is 389 g/mol. The van der Waals surface area contributed by atoms with Crippen LogP contribution in [0.4, 0.5) is 5.82 Å². The topological polar surface area (TPSA) is 91.2 Å². The molecule has 0 aliphatic carbocycles. The van der Waals surface area contributed by atoms with Crippen molar-refractivity contribution in [1.29, 1.82) is 0 Å². The van der Waals surface area contributed by atoms with Gasteiger partial charge in [0.05, 0.1) is 12.8 Å². The number of aryl methyl sites for hydroxylation is 1. The molecule has 29 heavy (non-hydrogen) atoms. The molecule has 3 aromatic rings. The summed E-state index contributed by atoms with van der Waals surface area (Å²) < 4.78 is 12.1. The van der Waals surface area contributed by atoms with E-state index in [1.165, 1.54) is 7.11 Å². The molecule has 8 heteroatoms. The van der Waals surface area contributed by atoms with Gasteiger partial charge in [-0.25, -0.2) is 0 Å². The van der Waals surface area contributed by atoms with E-state index in [4.69, 9.17) is 15.9 Å². The number of aromatic nitrogens is 4. The molecule has 146 valence electrons. The Morgan fingerprint density at radius 1 is 1.24 bits per heavy atom. The van der Waals surface area contributed by atoms with Crippen molar-refractivity contribution in [3.63, 3.8) is 0 Å². The number of hydrogen-bond donors (Lipinski definition) is 1. The zero-order valence-corrected chi connectivity index (χ0v) is 16.0. The fraction of sp³-hybridized carbons (Fsp3) is 0.238. The number of ether oxygens (including phenoxy) is 2. The number of carbonyl (C=O) groups excluding carboxylic acids is 1. The van der Waals surface area contributed by atoms with Gasteiger partial charge in [0.1, 0.15) is 18.2 Å². The van der Waals surface area contributed by atoms with Gasteiger partial charge in [-0.05, 0) is 30.7 Å². The smallest absolute Gasteiger partial charge is 0.233 e. The van der Waals surface area contributed by atoms with Gasteiger partial charge in [0.15, 0.2) is 5.82 Å². The molecule has 0 spiro atoms. The van der Waals surface area contributed by atoms with E-state index in [9.17, 15) is 4.79 Å². The molecule has 1 aliphatic rings. The van der Waals surface area contributed by atoms with Gasteiger partial charge >= 0.3 is 0 Å². The minimum Gasteiger partial charge on any atom is -0.481 e. The lowest BCUT2D eigenvalue weighted by atomic mass is 9.86. The van der Waals surface area contributed by atoms with E-state index in [0.717, 1.165) is 16.8 Å². The SMILES string of the molecule is C#CCOc1ccc([C@H]2CC(=O)Nc3c2c(C)nn3-c2ccc(OC)nn2)cc1. The Labute approximate surface area is 167 Å². The van der Waals surface area contributed by atoms with Crippen LogP contribution in [0, 0.1) is 19.3 Å². The molecule has 0 saturated carbocycles. The molecule has 8 nitrogen and oxygen atoms in total. The number of nitrogens with one attached hydrogen (secondary N) is 1. The number of hydrogen-bond acceptors (Lipinski definition) is 6. The quantitative estimate of drug-likeness (QED) is 0.674. The lowest BCUT2D eigenvalue weighted by molar-refractivity contribution is -0.116. The van der Waals surface area contributed by atoms with E-state index >= 15 is 0 Å². The van der Waals surface area contributed by atoms with Crippen molar-refractivity contribution in [1.82, 2.24) is 20.0 Å². The van der Waals surface area contributed by atoms with Crippen LogP contribution in [0.3, 0.4) is 0 Å². The summed E-state index contributed by atoms with van der Waals surface area (Å²) >= 11 is 0. The van der Waals surface area contributed by atoms with Crippen LogP contribution in [0.15, 0.2) is 36.4 Å². The molecular weight excluding hydrogens is 370 g/mol. The van der Waals surface area contributed by atoms with Gasteiger partial charge in [-0.3, -0.25) is 4.79 Å². The Morgan fingerprint density at radius 2 is 2.03 bits per heavy atom. The van der Waals surface area contributed by atoms with Crippen molar-refractivity contribution in [2.24, 2.45) is 0 Å². The number of benzene rings is 1. The Balaban J connectivity index is 1.72. The number of rotatable bonds is 5. The van der Waals surface area contributed by atoms with Gasteiger partial charge in [0.25, 0.3) is 0 Å². The number of terminal acetylenes is 1. The molecule has 0 unspecified atom stereocenters. The number of fused-ring (bicyclic) bond motifs is 1. The van der Waals surface area contributed by atoms with E-state index in [1.54, 1.807) is 16.8 Å². The predicted octanol–water partition coefficient (Wildman–Crippen LogP) is 2.47. The summed E-state index contributed by atoms with van der Waals surface area (Å²) in [4.78, 5) is 12.5. The number of methoxy groups -OCH3 is 1. The van der Waals surface area contributed by atoms with Crippen LogP contribution in [0.2, 0.25) is 0 Å². The Morgan fingerprint density at radius 3 is 2.69 bits per heavy atom. The molecule has 2 aromatic heterocycles. The molecule has 0 saturated heterocycles. The van der Waals surface area contributed by atoms with Gasteiger partial charge in [-0.1, -0.05) is 18.1 Å². The third kappa shape index (κ3) is 3.50. The van der Waals surface area contributed by atoms with Crippen LogP contribution >= 0.6 is 0 Å². The first-order chi connectivity index (χ1) is 14.1. The van der Waals surface area contributed by atoms with Gasteiger partial charge in [-0.15, -0.1) is 16.6 Å². The second-order valence-electron chi connectivity index (χ2n) is 6.56. The molecule has 1 aromatic carbocycles. The maximum absolute atomic E-state index is 12.5. The summed E-state index contributed by atoms with van der Waals surface area (Å²) in [6, 6.07) is 11.0. The van der Waals surface area contributed by atoms with Gasteiger partial charge in [0.2, 0.25) is 11.8 Å². The maximum atomic E-state index is 12.5. The van der Waals surface area contributed by atoms with E-state index in [1.807, 2.05) is 31.2 Å². The highest BCUT2D eigenvalue weighted by Crippen LogP contribution is 2.40. The van der Waals surface area contributed by atoms with E-state index < -0.39 is 0 Å². The Hall–Kier alpha value is -3.86. The van der Waals surface area contributed by atoms with Crippen LogP contribution in [0.1, 0.15) is 29.2 Å². The number of amides is 1. The Kier molecular flexibility index (Phi) is 4.87. The van der Waals surface area contributed by atoms with Crippen molar-refractivity contribution < 1.29 is 14.3 Å². The largest absolute Gasteiger partial charge is 0.481 e. The Bertz CT molecular complexity index is 1080. The molecule has 1 amide bonds. The van der Waals surface area contributed by atoms with Gasteiger partial charge in [0, 0.05) is 24.0 Å². The second kappa shape index (κ2) is 7.64. The van der Waals surface area contributed by atoms with Crippen molar-refractivity contribution >= 4 is 11.7 Å². The molecule has 1 N–H and O–H groups in total. The lowest BCUT2D eigenvalue weighted by Crippen LogP contribution is -2.25. The fourth-order valence-corrected chi connectivity index (χ4v) is 3.45. The van der Waals surface area contributed by atoms with Crippen LogP contribution in [-0.2, 0) is 4.79 Å². The molecule has 0 bridgehead atoms.